The second-order valence-corrected chi connectivity index (χ2v) is 6.18. The Hall–Kier alpha value is -2.57. The Morgan fingerprint density at radius 3 is 2.46 bits per heavy atom. The van der Waals surface area contributed by atoms with E-state index in [4.69, 9.17) is 0 Å². The Labute approximate surface area is 141 Å². The van der Waals surface area contributed by atoms with E-state index < -0.39 is 17.4 Å². The van der Waals surface area contributed by atoms with Crippen LogP contribution in [0.2, 0.25) is 0 Å². The average Bonchev–Trinajstić information content (AvgIpc) is 2.46. The fourth-order valence-electron chi connectivity index (χ4n) is 2.21. The van der Waals surface area contributed by atoms with Crippen LogP contribution in [-0.2, 0) is 4.79 Å². The Balaban J connectivity index is 2.87. The van der Waals surface area contributed by atoms with Crippen molar-refractivity contribution in [1.29, 1.82) is 0 Å². The number of rotatable bonds is 7. The first-order valence-corrected chi connectivity index (χ1v) is 7.91. The number of nitrogens with one attached hydrogen (secondary N) is 3. The van der Waals surface area contributed by atoms with Crippen molar-refractivity contribution in [2.24, 2.45) is 0 Å². The Bertz CT molecular complexity index is 616. The van der Waals surface area contributed by atoms with Crippen LogP contribution in [-0.4, -0.2) is 34.6 Å². The molecule has 0 saturated heterocycles. The number of benzene rings is 1. The van der Waals surface area contributed by atoms with Crippen LogP contribution >= 0.6 is 0 Å². The van der Waals surface area contributed by atoms with Crippen molar-refractivity contribution in [3.8, 4) is 0 Å². The second-order valence-electron chi connectivity index (χ2n) is 6.18. The smallest absolute Gasteiger partial charge is 0.329 e. The molecule has 1 atom stereocenters. The third-order valence-electron chi connectivity index (χ3n) is 3.41. The van der Waals surface area contributed by atoms with E-state index in [1.165, 1.54) is 13.0 Å². The highest BCUT2D eigenvalue weighted by Crippen LogP contribution is 2.16. The van der Waals surface area contributed by atoms with Gasteiger partial charge in [-0.2, -0.15) is 0 Å². The molecule has 0 heterocycles. The number of carbonyl (C=O) groups excluding carboxylic acids is 2. The van der Waals surface area contributed by atoms with Crippen molar-refractivity contribution in [2.45, 2.75) is 52.1 Å². The summed E-state index contributed by atoms with van der Waals surface area (Å²) in [5.74, 6) is -1.58. The minimum Gasteiger partial charge on any atom is -0.480 e. The highest BCUT2D eigenvalue weighted by Gasteiger charge is 2.34. The first-order chi connectivity index (χ1) is 11.2. The number of hydrogen-bond acceptors (Lipinski definition) is 3. The highest BCUT2D eigenvalue weighted by molar-refractivity contribution is 5.99. The molecule has 0 aliphatic carbocycles. The molecule has 132 valence electrons. The molecule has 0 bridgehead atoms. The van der Waals surface area contributed by atoms with E-state index >= 15 is 0 Å². The molecule has 1 unspecified atom stereocenters. The summed E-state index contributed by atoms with van der Waals surface area (Å²) in [7, 11) is 0. The maximum atomic E-state index is 12.4. The lowest BCUT2D eigenvalue weighted by atomic mass is 9.95. The standard InChI is InChI=1S/C17H25N3O4/c1-5-9-17(4,15(22)23)20-14(21)12-7-6-8-13(10-12)19-16(24)18-11(2)3/h6-8,10-11H,5,9H2,1-4H3,(H,20,21)(H,22,23)(H2,18,19,24). The molecule has 0 aliphatic rings. The number of amides is 3. The van der Waals surface area contributed by atoms with Gasteiger partial charge < -0.3 is 21.1 Å². The van der Waals surface area contributed by atoms with Gasteiger partial charge in [-0.3, -0.25) is 4.79 Å². The van der Waals surface area contributed by atoms with Crippen LogP contribution in [0.4, 0.5) is 10.5 Å². The second kappa shape index (κ2) is 8.33. The van der Waals surface area contributed by atoms with Gasteiger partial charge in [0.25, 0.3) is 5.91 Å². The predicted molar refractivity (Wildman–Crippen MR) is 92.1 cm³/mol. The van der Waals surface area contributed by atoms with E-state index in [1.54, 1.807) is 18.2 Å². The third kappa shape index (κ3) is 5.57. The summed E-state index contributed by atoms with van der Waals surface area (Å²) in [5.41, 5.74) is -0.598. The summed E-state index contributed by atoms with van der Waals surface area (Å²) < 4.78 is 0. The molecule has 1 aromatic carbocycles. The zero-order valence-corrected chi connectivity index (χ0v) is 14.5. The molecule has 7 nitrogen and oxygen atoms in total. The van der Waals surface area contributed by atoms with Gasteiger partial charge in [0.05, 0.1) is 0 Å². The van der Waals surface area contributed by atoms with Crippen molar-refractivity contribution in [3.63, 3.8) is 0 Å². The molecule has 0 spiro atoms. The molecule has 0 aromatic heterocycles. The van der Waals surface area contributed by atoms with Gasteiger partial charge in [-0.25, -0.2) is 9.59 Å². The number of urea groups is 1. The van der Waals surface area contributed by atoms with Gasteiger partial charge in [0.1, 0.15) is 5.54 Å². The monoisotopic (exact) mass is 335 g/mol. The van der Waals surface area contributed by atoms with E-state index in [1.807, 2.05) is 20.8 Å². The predicted octanol–water partition coefficient (Wildman–Crippen LogP) is 2.59. The summed E-state index contributed by atoms with van der Waals surface area (Å²) in [6, 6.07) is 5.96. The van der Waals surface area contributed by atoms with E-state index in [0.29, 0.717) is 18.5 Å². The van der Waals surface area contributed by atoms with Gasteiger partial charge in [0.2, 0.25) is 0 Å². The van der Waals surface area contributed by atoms with E-state index in [2.05, 4.69) is 16.0 Å². The van der Waals surface area contributed by atoms with Crippen molar-refractivity contribution in [3.05, 3.63) is 29.8 Å². The van der Waals surface area contributed by atoms with Crippen LogP contribution in [0.3, 0.4) is 0 Å². The maximum absolute atomic E-state index is 12.4. The number of carbonyl (C=O) groups is 3. The van der Waals surface area contributed by atoms with E-state index in [-0.39, 0.29) is 17.6 Å². The zero-order valence-electron chi connectivity index (χ0n) is 14.5. The third-order valence-corrected chi connectivity index (χ3v) is 3.41. The van der Waals surface area contributed by atoms with Gasteiger partial charge in [-0.1, -0.05) is 19.4 Å². The number of carboxylic acid groups (broad SMARTS) is 1. The lowest BCUT2D eigenvalue weighted by Gasteiger charge is -2.25. The summed E-state index contributed by atoms with van der Waals surface area (Å²) in [5, 5.41) is 17.2. The molecule has 1 rings (SSSR count). The lowest BCUT2D eigenvalue weighted by molar-refractivity contribution is -0.144. The lowest BCUT2D eigenvalue weighted by Crippen LogP contribution is -2.52. The first-order valence-electron chi connectivity index (χ1n) is 7.91. The van der Waals surface area contributed by atoms with Crippen molar-refractivity contribution in [2.75, 3.05) is 5.32 Å². The summed E-state index contributed by atoms with van der Waals surface area (Å²) in [6.07, 6.45) is 0.947. The van der Waals surface area contributed by atoms with Crippen molar-refractivity contribution >= 4 is 23.6 Å². The largest absolute Gasteiger partial charge is 0.480 e. The van der Waals surface area contributed by atoms with Gasteiger partial charge in [0, 0.05) is 17.3 Å². The topological polar surface area (TPSA) is 108 Å². The first kappa shape index (κ1) is 19.5. The van der Waals surface area contributed by atoms with E-state index in [0.717, 1.165) is 0 Å². The van der Waals surface area contributed by atoms with Crippen LogP contribution < -0.4 is 16.0 Å². The van der Waals surface area contributed by atoms with Crippen LogP contribution in [0.25, 0.3) is 0 Å². The van der Waals surface area contributed by atoms with Crippen molar-refractivity contribution < 1.29 is 19.5 Å². The molecule has 0 saturated carbocycles. The number of carboxylic acids is 1. The SMILES string of the molecule is CCCC(C)(NC(=O)c1cccc(NC(=O)NC(C)C)c1)C(=O)O. The molecule has 4 N–H and O–H groups in total. The zero-order chi connectivity index (χ0) is 18.3. The fourth-order valence-corrected chi connectivity index (χ4v) is 2.21. The Morgan fingerprint density at radius 1 is 1.25 bits per heavy atom. The highest BCUT2D eigenvalue weighted by atomic mass is 16.4. The Morgan fingerprint density at radius 2 is 1.92 bits per heavy atom. The quantitative estimate of drug-likeness (QED) is 0.614. The normalized spacial score (nSPS) is 13.0. The number of anilines is 1. The van der Waals surface area contributed by atoms with Crippen LogP contribution in [0.1, 0.15) is 50.9 Å². The maximum Gasteiger partial charge on any atom is 0.329 e. The molecule has 3 amide bonds. The molecule has 0 fully saturated rings. The van der Waals surface area contributed by atoms with Gasteiger partial charge in [0.15, 0.2) is 0 Å². The van der Waals surface area contributed by atoms with Gasteiger partial charge >= 0.3 is 12.0 Å². The molecule has 0 radical (unpaired) electrons. The molecule has 0 aliphatic heterocycles. The average molecular weight is 335 g/mol. The summed E-state index contributed by atoms with van der Waals surface area (Å²) >= 11 is 0. The summed E-state index contributed by atoms with van der Waals surface area (Å²) in [4.78, 5) is 35.5. The van der Waals surface area contributed by atoms with Gasteiger partial charge in [-0.15, -0.1) is 0 Å². The molecule has 1 aromatic rings. The Kier molecular flexibility index (Phi) is 6.76. The molecular weight excluding hydrogens is 310 g/mol. The van der Waals surface area contributed by atoms with Crippen LogP contribution in [0.5, 0.6) is 0 Å². The number of hydrogen-bond donors (Lipinski definition) is 4. The minimum atomic E-state index is -1.33. The van der Waals surface area contributed by atoms with Crippen molar-refractivity contribution in [1.82, 2.24) is 10.6 Å². The van der Waals surface area contributed by atoms with Gasteiger partial charge in [-0.05, 0) is 45.4 Å². The van der Waals surface area contributed by atoms with Crippen LogP contribution in [0, 0.1) is 0 Å². The summed E-state index contributed by atoms with van der Waals surface area (Å²) in [6.45, 7) is 7.01. The molecule has 24 heavy (non-hydrogen) atoms. The number of aliphatic carboxylic acids is 1. The molecule has 7 heteroatoms. The van der Waals surface area contributed by atoms with E-state index in [9.17, 15) is 19.5 Å². The van der Waals surface area contributed by atoms with Crippen LogP contribution in [0.15, 0.2) is 24.3 Å². The molecular formula is C17H25N3O4. The fraction of sp³-hybridized carbons (Fsp3) is 0.471. The minimum absolute atomic E-state index is 0.0122.